The molecule has 0 radical (unpaired) electrons. The molecule has 0 spiro atoms. The number of halogens is 1. The van der Waals surface area contributed by atoms with Crippen LogP contribution in [0.5, 0.6) is 11.5 Å². The van der Waals surface area contributed by atoms with Gasteiger partial charge in [0.05, 0.1) is 30.2 Å². The Morgan fingerprint density at radius 2 is 2.14 bits per heavy atom. The average Bonchev–Trinajstić information content (AvgIpc) is 2.86. The lowest BCUT2D eigenvalue weighted by Gasteiger charge is -2.06. The molecule has 0 fully saturated rings. The van der Waals surface area contributed by atoms with E-state index in [1.54, 1.807) is 45.7 Å². The Labute approximate surface area is 141 Å². The Kier molecular flexibility index (Phi) is 5.36. The van der Waals surface area contributed by atoms with Gasteiger partial charge in [-0.2, -0.15) is 5.10 Å². The van der Waals surface area contributed by atoms with Gasteiger partial charge in [-0.25, -0.2) is 4.79 Å². The van der Waals surface area contributed by atoms with Gasteiger partial charge in [0.25, 0.3) is 0 Å². The normalized spacial score (nSPS) is 10.7. The summed E-state index contributed by atoms with van der Waals surface area (Å²) < 4.78 is 12.5. The van der Waals surface area contributed by atoms with E-state index >= 15 is 0 Å². The summed E-state index contributed by atoms with van der Waals surface area (Å²) in [6.45, 7) is 0. The number of hydrogen-bond donors (Lipinski definition) is 0. The summed E-state index contributed by atoms with van der Waals surface area (Å²) in [4.78, 5) is 16.9. The lowest BCUT2D eigenvalue weighted by molar-refractivity contribution is 0.0505. The molecule has 0 N–H and O–H groups in total. The predicted molar refractivity (Wildman–Crippen MR) is 88.5 cm³/mol. The van der Waals surface area contributed by atoms with Gasteiger partial charge < -0.3 is 14.3 Å². The molecule has 1 heterocycles. The number of aromatic nitrogens is 2. The first-order valence-corrected chi connectivity index (χ1v) is 7.29. The van der Waals surface area contributed by atoms with E-state index in [-0.39, 0.29) is 0 Å². The first-order chi connectivity index (χ1) is 10.6. The van der Waals surface area contributed by atoms with Crippen molar-refractivity contribution in [1.82, 2.24) is 9.78 Å². The summed E-state index contributed by atoms with van der Waals surface area (Å²) in [5.41, 5.74) is 0.977. The minimum absolute atomic E-state index is 0.343. The highest BCUT2D eigenvalue weighted by Gasteiger charge is 2.16. The smallest absolute Gasteiger partial charge is 0.384 e. The molecule has 0 saturated heterocycles. The van der Waals surface area contributed by atoms with Crippen LogP contribution in [0.1, 0.15) is 16.1 Å². The number of methoxy groups -OCH3 is 2. The number of oxime groups is 1. The molecule has 1 aromatic heterocycles. The Morgan fingerprint density at radius 3 is 2.73 bits per heavy atom. The van der Waals surface area contributed by atoms with Crippen LogP contribution >= 0.6 is 22.6 Å². The maximum Gasteiger partial charge on any atom is 0.384 e. The zero-order valence-electron chi connectivity index (χ0n) is 12.2. The zero-order valence-corrected chi connectivity index (χ0v) is 14.4. The Bertz CT molecular complexity index is 693. The molecule has 2 aromatic rings. The maximum absolute atomic E-state index is 12.0. The van der Waals surface area contributed by atoms with Crippen LogP contribution in [0, 0.1) is 3.57 Å². The molecular formula is C14H14IN3O4. The largest absolute Gasteiger partial charge is 0.497 e. The minimum atomic E-state index is -0.581. The molecule has 116 valence electrons. The first-order valence-electron chi connectivity index (χ1n) is 6.21. The highest BCUT2D eigenvalue weighted by molar-refractivity contribution is 14.1. The number of hydrogen-bond acceptors (Lipinski definition) is 6. The van der Waals surface area contributed by atoms with Crippen LogP contribution in [0.4, 0.5) is 0 Å². The molecule has 8 heteroatoms. The topological polar surface area (TPSA) is 74.9 Å². The van der Waals surface area contributed by atoms with Gasteiger partial charge in [-0.05, 0) is 40.8 Å². The molecule has 0 saturated carbocycles. The van der Waals surface area contributed by atoms with Gasteiger partial charge in [0.1, 0.15) is 11.5 Å². The van der Waals surface area contributed by atoms with Gasteiger partial charge in [0, 0.05) is 12.6 Å². The summed E-state index contributed by atoms with van der Waals surface area (Å²) in [5, 5.41) is 7.68. The standard InChI is InChI=1S/C14H14IN3O4/c1-18-13(11(15)8-16-18)14(19)22-17-7-9-6-10(20-2)4-5-12(9)21-3/h4-8H,1-3H3/b17-7+. The Morgan fingerprint density at radius 1 is 1.36 bits per heavy atom. The van der Waals surface area contributed by atoms with Gasteiger partial charge in [-0.3, -0.25) is 4.68 Å². The third kappa shape index (κ3) is 3.56. The van der Waals surface area contributed by atoms with Crippen LogP contribution < -0.4 is 9.47 Å². The van der Waals surface area contributed by atoms with Gasteiger partial charge in [0.2, 0.25) is 0 Å². The maximum atomic E-state index is 12.0. The molecular weight excluding hydrogens is 401 g/mol. The van der Waals surface area contributed by atoms with Crippen molar-refractivity contribution >= 4 is 34.8 Å². The van der Waals surface area contributed by atoms with Crippen LogP contribution in [0.15, 0.2) is 29.6 Å². The van der Waals surface area contributed by atoms with Crippen LogP contribution in [-0.4, -0.2) is 36.2 Å². The van der Waals surface area contributed by atoms with Crippen molar-refractivity contribution in [2.24, 2.45) is 12.2 Å². The molecule has 1 aromatic carbocycles. The highest BCUT2D eigenvalue weighted by Crippen LogP contribution is 2.22. The van der Waals surface area contributed by atoms with Crippen molar-refractivity contribution in [2.75, 3.05) is 14.2 Å². The Balaban J connectivity index is 2.14. The van der Waals surface area contributed by atoms with Gasteiger partial charge in [-0.15, -0.1) is 0 Å². The van der Waals surface area contributed by atoms with E-state index in [2.05, 4.69) is 10.3 Å². The summed E-state index contributed by atoms with van der Waals surface area (Å²) in [7, 11) is 4.77. The second-order valence-corrected chi connectivity index (χ2v) is 5.35. The molecule has 22 heavy (non-hydrogen) atoms. The van der Waals surface area contributed by atoms with E-state index in [1.165, 1.54) is 10.9 Å². The minimum Gasteiger partial charge on any atom is -0.497 e. The van der Waals surface area contributed by atoms with E-state index in [0.717, 1.165) is 0 Å². The fourth-order valence-electron chi connectivity index (χ4n) is 1.75. The van der Waals surface area contributed by atoms with E-state index in [4.69, 9.17) is 14.3 Å². The number of aryl methyl sites for hydroxylation is 1. The molecule has 0 atom stereocenters. The molecule has 7 nitrogen and oxygen atoms in total. The molecule has 0 aliphatic carbocycles. The molecule has 0 amide bonds. The number of benzene rings is 1. The summed E-state index contributed by atoms with van der Waals surface area (Å²) in [6.07, 6.45) is 2.97. The number of carbonyl (C=O) groups excluding carboxylic acids is 1. The fourth-order valence-corrected chi connectivity index (χ4v) is 2.45. The molecule has 0 aliphatic heterocycles. The summed E-state index contributed by atoms with van der Waals surface area (Å²) >= 11 is 2.01. The number of carbonyl (C=O) groups is 1. The summed E-state index contributed by atoms with van der Waals surface area (Å²) in [6, 6.07) is 5.23. The predicted octanol–water partition coefficient (Wildman–Crippen LogP) is 2.23. The van der Waals surface area contributed by atoms with Gasteiger partial charge in [-0.1, -0.05) is 5.16 Å². The average molecular weight is 415 g/mol. The highest BCUT2D eigenvalue weighted by atomic mass is 127. The van der Waals surface area contributed by atoms with E-state index in [1.807, 2.05) is 22.6 Å². The van der Waals surface area contributed by atoms with E-state index in [0.29, 0.717) is 26.3 Å². The second-order valence-electron chi connectivity index (χ2n) is 4.19. The van der Waals surface area contributed by atoms with Crippen LogP contribution in [0.25, 0.3) is 0 Å². The molecule has 0 aliphatic rings. The molecule has 2 rings (SSSR count). The molecule has 0 bridgehead atoms. The van der Waals surface area contributed by atoms with Crippen LogP contribution in [0.2, 0.25) is 0 Å². The van der Waals surface area contributed by atoms with Crippen molar-refractivity contribution in [1.29, 1.82) is 0 Å². The van der Waals surface area contributed by atoms with Gasteiger partial charge in [0.15, 0.2) is 5.69 Å². The SMILES string of the molecule is COc1ccc(OC)c(/C=N/OC(=O)c2c(I)cnn2C)c1. The van der Waals surface area contributed by atoms with Crippen molar-refractivity contribution in [3.63, 3.8) is 0 Å². The van der Waals surface area contributed by atoms with Crippen molar-refractivity contribution in [3.05, 3.63) is 39.2 Å². The second kappa shape index (κ2) is 7.25. The van der Waals surface area contributed by atoms with Gasteiger partial charge >= 0.3 is 5.97 Å². The van der Waals surface area contributed by atoms with E-state index < -0.39 is 5.97 Å². The van der Waals surface area contributed by atoms with Crippen molar-refractivity contribution < 1.29 is 19.1 Å². The summed E-state index contributed by atoms with van der Waals surface area (Å²) in [5.74, 6) is 0.660. The third-order valence-corrected chi connectivity index (χ3v) is 3.64. The molecule has 0 unspecified atom stereocenters. The lowest BCUT2D eigenvalue weighted by atomic mass is 10.2. The third-order valence-electron chi connectivity index (χ3n) is 2.85. The van der Waals surface area contributed by atoms with Crippen molar-refractivity contribution in [3.8, 4) is 11.5 Å². The fraction of sp³-hybridized carbons (Fsp3) is 0.214. The van der Waals surface area contributed by atoms with Crippen molar-refractivity contribution in [2.45, 2.75) is 0 Å². The lowest BCUT2D eigenvalue weighted by Crippen LogP contribution is -2.09. The monoisotopic (exact) mass is 415 g/mol. The number of ether oxygens (including phenoxy) is 2. The zero-order chi connectivity index (χ0) is 16.1. The number of nitrogens with zero attached hydrogens (tertiary/aromatic N) is 3. The Hall–Kier alpha value is -2.10. The van der Waals surface area contributed by atoms with Crippen LogP contribution in [-0.2, 0) is 11.9 Å². The number of rotatable bonds is 5. The van der Waals surface area contributed by atoms with E-state index in [9.17, 15) is 4.79 Å². The first kappa shape index (κ1) is 16.3. The van der Waals surface area contributed by atoms with Crippen LogP contribution in [0.3, 0.4) is 0 Å². The quantitative estimate of drug-likeness (QED) is 0.324.